The Morgan fingerprint density at radius 1 is 1.27 bits per heavy atom. The molecule has 3 rings (SSSR count). The van der Waals surface area contributed by atoms with Crippen LogP contribution in [-0.4, -0.2) is 89.8 Å². The van der Waals surface area contributed by atoms with Gasteiger partial charge < -0.3 is 19.9 Å². The van der Waals surface area contributed by atoms with Gasteiger partial charge in [-0.05, 0) is 17.9 Å². The van der Waals surface area contributed by atoms with E-state index in [-0.39, 0.29) is 43.4 Å². The zero-order valence-corrected chi connectivity index (χ0v) is 19.6. The van der Waals surface area contributed by atoms with Gasteiger partial charge >= 0.3 is 6.03 Å². The van der Waals surface area contributed by atoms with Gasteiger partial charge in [-0.15, -0.1) is 6.42 Å². The maximum atomic E-state index is 13.4. The molecule has 0 radical (unpaired) electrons. The van der Waals surface area contributed by atoms with Crippen LogP contribution >= 0.6 is 0 Å². The SMILES string of the molecule is C#CCN1CC(=O)N2[C@@H](C(C)C)C(=O)N(CCCOC)C[C@@H]2N1C(=O)NCc1ccccc1. The molecule has 178 valence electrons. The van der Waals surface area contributed by atoms with Crippen molar-refractivity contribution in [3.05, 3.63) is 35.9 Å². The number of hydrogen-bond donors (Lipinski definition) is 1. The highest BCUT2D eigenvalue weighted by Crippen LogP contribution is 2.29. The summed E-state index contributed by atoms with van der Waals surface area (Å²) in [6.45, 7) is 5.45. The van der Waals surface area contributed by atoms with Crippen LogP contribution in [-0.2, 0) is 20.9 Å². The van der Waals surface area contributed by atoms with Crippen molar-refractivity contribution in [2.24, 2.45) is 5.92 Å². The maximum absolute atomic E-state index is 13.4. The monoisotopic (exact) mass is 455 g/mol. The average molecular weight is 456 g/mol. The molecule has 2 fully saturated rings. The molecule has 33 heavy (non-hydrogen) atoms. The summed E-state index contributed by atoms with van der Waals surface area (Å²) < 4.78 is 5.14. The molecule has 2 saturated heterocycles. The van der Waals surface area contributed by atoms with Crippen LogP contribution in [0.1, 0.15) is 25.8 Å². The molecule has 0 spiro atoms. The fraction of sp³-hybridized carbons (Fsp3) is 0.542. The lowest BCUT2D eigenvalue weighted by molar-refractivity contribution is -0.191. The van der Waals surface area contributed by atoms with E-state index in [4.69, 9.17) is 11.2 Å². The summed E-state index contributed by atoms with van der Waals surface area (Å²) >= 11 is 0. The van der Waals surface area contributed by atoms with Gasteiger partial charge in [0.25, 0.3) is 0 Å². The second kappa shape index (κ2) is 11.2. The molecule has 0 saturated carbocycles. The lowest BCUT2D eigenvalue weighted by atomic mass is 9.96. The molecule has 0 bridgehead atoms. The smallest absolute Gasteiger partial charge is 0.334 e. The van der Waals surface area contributed by atoms with E-state index in [2.05, 4.69) is 11.2 Å². The Morgan fingerprint density at radius 2 is 2.00 bits per heavy atom. The number of hydrogen-bond acceptors (Lipinski definition) is 5. The van der Waals surface area contributed by atoms with Crippen LogP contribution in [0.15, 0.2) is 30.3 Å². The van der Waals surface area contributed by atoms with Crippen molar-refractivity contribution in [2.75, 3.05) is 39.9 Å². The third-order valence-corrected chi connectivity index (χ3v) is 5.94. The first-order chi connectivity index (χ1) is 15.9. The van der Waals surface area contributed by atoms with Crippen LogP contribution in [0.5, 0.6) is 0 Å². The Labute approximate surface area is 195 Å². The van der Waals surface area contributed by atoms with E-state index < -0.39 is 12.2 Å². The number of nitrogens with one attached hydrogen (secondary N) is 1. The fourth-order valence-electron chi connectivity index (χ4n) is 4.45. The second-order valence-corrected chi connectivity index (χ2v) is 8.62. The number of hydrazine groups is 1. The van der Waals surface area contributed by atoms with E-state index >= 15 is 0 Å². The number of terminal acetylenes is 1. The third kappa shape index (κ3) is 5.46. The van der Waals surface area contributed by atoms with Crippen molar-refractivity contribution < 1.29 is 19.1 Å². The predicted molar refractivity (Wildman–Crippen MR) is 123 cm³/mol. The van der Waals surface area contributed by atoms with Crippen molar-refractivity contribution in [3.63, 3.8) is 0 Å². The molecule has 1 aromatic carbocycles. The Balaban J connectivity index is 1.89. The summed E-state index contributed by atoms with van der Waals surface area (Å²) in [6.07, 6.45) is 5.59. The molecule has 2 aliphatic heterocycles. The highest BCUT2D eigenvalue weighted by molar-refractivity contribution is 5.91. The Bertz CT molecular complexity index is 885. The summed E-state index contributed by atoms with van der Waals surface area (Å²) in [4.78, 5) is 43.1. The van der Waals surface area contributed by atoms with Crippen LogP contribution in [0.2, 0.25) is 0 Å². The first kappa shape index (κ1) is 24.6. The van der Waals surface area contributed by atoms with E-state index in [0.717, 1.165) is 5.56 Å². The highest BCUT2D eigenvalue weighted by Gasteiger charge is 2.51. The standard InChI is InChI=1S/C24H33N5O4/c1-5-12-27-17-21(30)28-20(29(27)24(32)25-15-19-10-7-6-8-11-19)16-26(13-9-14-33-4)23(31)22(28)18(2)3/h1,6-8,10-11,18,20,22H,9,12-17H2,2-4H3,(H,25,32)/t20-,22-/m0/s1. The normalized spacial score (nSPS) is 21.2. The molecule has 2 aliphatic rings. The number of fused-ring (bicyclic) bond motifs is 1. The molecule has 0 unspecified atom stereocenters. The molecule has 9 nitrogen and oxygen atoms in total. The number of benzene rings is 1. The first-order valence-corrected chi connectivity index (χ1v) is 11.3. The number of carbonyl (C=O) groups is 3. The maximum Gasteiger partial charge on any atom is 0.334 e. The number of amides is 4. The zero-order valence-electron chi connectivity index (χ0n) is 19.6. The average Bonchev–Trinajstić information content (AvgIpc) is 2.79. The molecule has 1 aromatic rings. The van der Waals surface area contributed by atoms with E-state index in [1.807, 2.05) is 44.2 Å². The lowest BCUT2D eigenvalue weighted by Crippen LogP contribution is -2.77. The first-order valence-electron chi connectivity index (χ1n) is 11.3. The summed E-state index contributed by atoms with van der Waals surface area (Å²) in [7, 11) is 1.62. The van der Waals surface area contributed by atoms with Crippen molar-refractivity contribution in [1.82, 2.24) is 25.1 Å². The van der Waals surface area contributed by atoms with Gasteiger partial charge in [-0.1, -0.05) is 50.1 Å². The fourth-order valence-corrected chi connectivity index (χ4v) is 4.45. The van der Waals surface area contributed by atoms with Gasteiger partial charge in [-0.2, -0.15) is 5.01 Å². The van der Waals surface area contributed by atoms with E-state index in [9.17, 15) is 14.4 Å². The van der Waals surface area contributed by atoms with E-state index in [1.165, 1.54) is 5.01 Å². The van der Waals surface area contributed by atoms with Gasteiger partial charge in [0.05, 0.1) is 19.6 Å². The van der Waals surface area contributed by atoms with Gasteiger partial charge in [-0.3, -0.25) is 9.59 Å². The molecule has 0 aromatic heterocycles. The molecule has 9 heteroatoms. The summed E-state index contributed by atoms with van der Waals surface area (Å²) in [5.41, 5.74) is 0.958. The number of carbonyl (C=O) groups excluding carboxylic acids is 3. The highest BCUT2D eigenvalue weighted by atomic mass is 16.5. The number of piperazine rings is 1. The van der Waals surface area contributed by atoms with Crippen molar-refractivity contribution in [3.8, 4) is 12.3 Å². The minimum atomic E-state index is -0.642. The Hall–Kier alpha value is -3.09. The van der Waals surface area contributed by atoms with Gasteiger partial charge in [0.2, 0.25) is 11.8 Å². The second-order valence-electron chi connectivity index (χ2n) is 8.62. The summed E-state index contributed by atoms with van der Waals surface area (Å²) in [6, 6.07) is 8.59. The molecule has 2 atom stereocenters. The van der Waals surface area contributed by atoms with Gasteiger partial charge in [0.1, 0.15) is 12.2 Å². The minimum Gasteiger partial charge on any atom is -0.385 e. The van der Waals surface area contributed by atoms with Crippen molar-refractivity contribution in [2.45, 2.75) is 39.0 Å². The van der Waals surface area contributed by atoms with Crippen LogP contribution in [0, 0.1) is 18.3 Å². The van der Waals surface area contributed by atoms with Gasteiger partial charge in [0.15, 0.2) is 0 Å². The summed E-state index contributed by atoms with van der Waals surface area (Å²) in [5, 5.41) is 6.05. The van der Waals surface area contributed by atoms with Crippen molar-refractivity contribution >= 4 is 17.8 Å². The van der Waals surface area contributed by atoms with E-state index in [1.54, 1.807) is 21.9 Å². The number of nitrogens with zero attached hydrogens (tertiary/aromatic N) is 4. The van der Waals surface area contributed by atoms with Crippen LogP contribution < -0.4 is 5.32 Å². The minimum absolute atomic E-state index is 0.0559. The molecular weight excluding hydrogens is 422 g/mol. The van der Waals surface area contributed by atoms with Crippen LogP contribution in [0.3, 0.4) is 0 Å². The third-order valence-electron chi connectivity index (χ3n) is 5.94. The van der Waals surface area contributed by atoms with Crippen LogP contribution in [0.25, 0.3) is 0 Å². The largest absolute Gasteiger partial charge is 0.385 e. The van der Waals surface area contributed by atoms with Gasteiger partial charge in [-0.25, -0.2) is 9.80 Å². The molecule has 2 heterocycles. The lowest BCUT2D eigenvalue weighted by Gasteiger charge is -2.55. The molecule has 0 aliphatic carbocycles. The Morgan fingerprint density at radius 3 is 2.64 bits per heavy atom. The molecular formula is C24H33N5O4. The molecule has 1 N–H and O–H groups in total. The number of rotatable bonds is 8. The molecule has 4 amide bonds. The topological polar surface area (TPSA) is 85.4 Å². The Kier molecular flexibility index (Phi) is 8.31. The number of urea groups is 1. The zero-order chi connectivity index (χ0) is 24.0. The van der Waals surface area contributed by atoms with Crippen LogP contribution in [0.4, 0.5) is 4.79 Å². The van der Waals surface area contributed by atoms with E-state index in [0.29, 0.717) is 26.1 Å². The van der Waals surface area contributed by atoms with Gasteiger partial charge in [0, 0.05) is 26.8 Å². The summed E-state index contributed by atoms with van der Waals surface area (Å²) in [5.74, 6) is 2.14. The predicted octanol–water partition coefficient (Wildman–Crippen LogP) is 1.12. The number of ether oxygens (including phenoxy) is 1. The quantitative estimate of drug-likeness (QED) is 0.469. The number of methoxy groups -OCH3 is 1. The van der Waals surface area contributed by atoms with Crippen molar-refractivity contribution in [1.29, 1.82) is 0 Å².